The van der Waals surface area contributed by atoms with Crippen molar-refractivity contribution < 1.29 is 33.5 Å². The maximum Gasteiger partial charge on any atom is 0.332 e. The second-order valence-electron chi connectivity index (χ2n) is 7.58. The molecule has 13 heteroatoms. The second kappa shape index (κ2) is 11.6. The first-order valence-corrected chi connectivity index (χ1v) is 10.4. The minimum absolute atomic E-state index is 0.0426. The molecule has 13 nitrogen and oxygen atoms in total. The molecule has 34 heavy (non-hydrogen) atoms. The molecule has 1 aliphatic heterocycles. The normalized spacial score (nSPS) is 14.3. The van der Waals surface area contributed by atoms with Gasteiger partial charge in [0.2, 0.25) is 29.5 Å². The number of carbonyl (C=O) groups excluding carboxylic acids is 6. The van der Waals surface area contributed by atoms with Crippen molar-refractivity contribution in [1.29, 1.82) is 0 Å². The predicted octanol–water partition coefficient (Wildman–Crippen LogP) is -1.27. The second-order valence-corrected chi connectivity index (χ2v) is 7.58. The Labute approximate surface area is 195 Å². The number of amides is 7. The fourth-order valence-corrected chi connectivity index (χ4v) is 3.26. The highest BCUT2D eigenvalue weighted by Gasteiger charge is 2.34. The van der Waals surface area contributed by atoms with E-state index in [1.165, 1.54) is 12.0 Å². The zero-order valence-electron chi connectivity index (χ0n) is 19.2. The number of nitrogens with two attached hydrogens (primary N) is 1. The number of methoxy groups -OCH3 is 1. The van der Waals surface area contributed by atoms with Crippen LogP contribution in [0.1, 0.15) is 25.3 Å². The molecule has 1 heterocycles. The summed E-state index contributed by atoms with van der Waals surface area (Å²) < 4.78 is 5.32. The van der Waals surface area contributed by atoms with Gasteiger partial charge in [0.25, 0.3) is 0 Å². The van der Waals surface area contributed by atoms with Crippen LogP contribution < -0.4 is 31.3 Å². The smallest absolute Gasteiger partial charge is 0.332 e. The van der Waals surface area contributed by atoms with E-state index in [1.807, 2.05) is 13.0 Å². The van der Waals surface area contributed by atoms with E-state index in [4.69, 9.17) is 10.5 Å². The third-order valence-corrected chi connectivity index (χ3v) is 4.89. The van der Waals surface area contributed by atoms with E-state index in [9.17, 15) is 28.8 Å². The van der Waals surface area contributed by atoms with Crippen LogP contribution in [0.2, 0.25) is 0 Å². The highest BCUT2D eigenvalue weighted by atomic mass is 16.5. The molecule has 0 bridgehead atoms. The van der Waals surface area contributed by atoms with Crippen molar-refractivity contribution in [3.05, 3.63) is 23.8 Å². The summed E-state index contributed by atoms with van der Waals surface area (Å²) in [7, 11) is 1.47. The van der Waals surface area contributed by atoms with Crippen molar-refractivity contribution in [2.24, 2.45) is 5.73 Å². The molecule has 1 unspecified atom stereocenters. The zero-order chi connectivity index (χ0) is 25.4. The molecular formula is C21H28N6O7. The molecule has 7 amide bonds. The molecule has 1 aromatic carbocycles. The summed E-state index contributed by atoms with van der Waals surface area (Å²) in [5.41, 5.74) is 6.46. The number of hydrogen-bond acceptors (Lipinski definition) is 7. The van der Waals surface area contributed by atoms with E-state index in [1.54, 1.807) is 12.1 Å². The molecule has 1 aliphatic rings. The van der Waals surface area contributed by atoms with E-state index >= 15 is 0 Å². The molecule has 0 spiro atoms. The number of benzene rings is 1. The monoisotopic (exact) mass is 476 g/mol. The Hall–Kier alpha value is -4.16. The zero-order valence-corrected chi connectivity index (χ0v) is 19.2. The number of hydrogen-bond donors (Lipinski definition) is 4. The highest BCUT2D eigenvalue weighted by molar-refractivity contribution is 6.06. The molecule has 0 radical (unpaired) electrons. The molecule has 0 saturated carbocycles. The first-order valence-electron chi connectivity index (χ1n) is 10.4. The van der Waals surface area contributed by atoms with E-state index in [-0.39, 0.29) is 13.0 Å². The Morgan fingerprint density at radius 2 is 1.88 bits per heavy atom. The van der Waals surface area contributed by atoms with Crippen LogP contribution in [0.5, 0.6) is 5.75 Å². The van der Waals surface area contributed by atoms with Gasteiger partial charge in [-0.05, 0) is 24.6 Å². The number of nitrogens with one attached hydrogen (secondary N) is 3. The molecule has 184 valence electrons. The van der Waals surface area contributed by atoms with Gasteiger partial charge in [-0.15, -0.1) is 0 Å². The Bertz CT molecular complexity index is 980. The number of imide groups is 1. The summed E-state index contributed by atoms with van der Waals surface area (Å²) in [5.74, 6) is -2.85. The number of primary amides is 1. The quantitative estimate of drug-likeness (QED) is 0.325. The van der Waals surface area contributed by atoms with E-state index in [2.05, 4.69) is 16.0 Å². The minimum atomic E-state index is -1.23. The highest BCUT2D eigenvalue weighted by Crippen LogP contribution is 2.31. The summed E-state index contributed by atoms with van der Waals surface area (Å²) in [6.07, 6.45) is -0.400. The number of nitrogens with zero attached hydrogens (tertiary/aromatic N) is 2. The Morgan fingerprint density at radius 3 is 2.50 bits per heavy atom. The van der Waals surface area contributed by atoms with Gasteiger partial charge in [0.15, 0.2) is 0 Å². The number of carbonyl (C=O) groups is 6. The summed E-state index contributed by atoms with van der Waals surface area (Å²) in [6.45, 7) is 2.25. The fourth-order valence-electron chi connectivity index (χ4n) is 3.26. The Morgan fingerprint density at radius 1 is 1.18 bits per heavy atom. The molecule has 5 N–H and O–H groups in total. The predicted molar refractivity (Wildman–Crippen MR) is 119 cm³/mol. The molecule has 1 atom stereocenters. The van der Waals surface area contributed by atoms with Crippen molar-refractivity contribution in [2.45, 2.75) is 32.7 Å². The van der Waals surface area contributed by atoms with Gasteiger partial charge in [-0.2, -0.15) is 0 Å². The Kier molecular flexibility index (Phi) is 8.93. The third kappa shape index (κ3) is 6.92. The minimum Gasteiger partial charge on any atom is -0.495 e. The van der Waals surface area contributed by atoms with Crippen molar-refractivity contribution >= 4 is 41.3 Å². The van der Waals surface area contributed by atoms with Crippen LogP contribution in [0.3, 0.4) is 0 Å². The van der Waals surface area contributed by atoms with Crippen LogP contribution in [0.4, 0.5) is 10.5 Å². The van der Waals surface area contributed by atoms with Gasteiger partial charge in [0.1, 0.15) is 18.5 Å². The Balaban J connectivity index is 1.97. The molecule has 2 rings (SSSR count). The lowest BCUT2D eigenvalue weighted by Crippen LogP contribution is -2.56. The van der Waals surface area contributed by atoms with Gasteiger partial charge in [-0.25, -0.2) is 9.69 Å². The topological polar surface area (TPSA) is 180 Å². The van der Waals surface area contributed by atoms with E-state index in [0.717, 1.165) is 17.4 Å². The van der Waals surface area contributed by atoms with Gasteiger partial charge in [0, 0.05) is 19.9 Å². The van der Waals surface area contributed by atoms with Crippen LogP contribution in [-0.2, 0) is 24.0 Å². The van der Waals surface area contributed by atoms with Crippen molar-refractivity contribution in [3.63, 3.8) is 0 Å². The lowest BCUT2D eigenvalue weighted by molar-refractivity contribution is -0.132. The first-order chi connectivity index (χ1) is 16.0. The van der Waals surface area contributed by atoms with Crippen LogP contribution in [0.25, 0.3) is 0 Å². The SMILES string of the molecule is COc1ccc(C)cc1N1CCC(=O)N(CNC(=O)CNC(=O)C(CC(N)=O)NC(C)=O)C1=O. The van der Waals surface area contributed by atoms with Gasteiger partial charge in [-0.3, -0.25) is 28.9 Å². The molecule has 1 saturated heterocycles. The third-order valence-electron chi connectivity index (χ3n) is 4.89. The lowest BCUT2D eigenvalue weighted by Gasteiger charge is -2.34. The van der Waals surface area contributed by atoms with Gasteiger partial charge in [0.05, 0.1) is 25.8 Å². The molecule has 0 aromatic heterocycles. The average Bonchev–Trinajstić information content (AvgIpc) is 2.76. The van der Waals surface area contributed by atoms with Crippen LogP contribution in [0.15, 0.2) is 18.2 Å². The molecule has 0 aliphatic carbocycles. The maximum absolute atomic E-state index is 13.0. The summed E-state index contributed by atoms with van der Waals surface area (Å²) in [4.78, 5) is 74.2. The number of ether oxygens (including phenoxy) is 1. The molecular weight excluding hydrogens is 448 g/mol. The van der Waals surface area contributed by atoms with Crippen molar-refractivity contribution in [2.75, 3.05) is 31.8 Å². The van der Waals surface area contributed by atoms with Gasteiger partial charge >= 0.3 is 6.03 Å². The molecule has 1 fully saturated rings. The summed E-state index contributed by atoms with van der Waals surface area (Å²) >= 11 is 0. The summed E-state index contributed by atoms with van der Waals surface area (Å²) in [6, 6.07) is 3.45. The van der Waals surface area contributed by atoms with Gasteiger partial charge < -0.3 is 26.4 Å². The number of aryl methyl sites for hydroxylation is 1. The van der Waals surface area contributed by atoms with Crippen LogP contribution >= 0.6 is 0 Å². The average molecular weight is 476 g/mol. The first kappa shape index (κ1) is 26.1. The largest absolute Gasteiger partial charge is 0.495 e. The van der Waals surface area contributed by atoms with Crippen molar-refractivity contribution in [3.8, 4) is 5.75 Å². The standard InChI is InChI=1S/C21H28N6O7/c1-12-4-5-16(34-3)15(8-12)26-7-6-19(31)27(21(26)33)11-24-18(30)10-23-20(32)14(9-17(22)29)25-13(2)28/h4-5,8,14H,6-7,9-11H2,1-3H3,(H2,22,29)(H,23,32)(H,24,30)(H,25,28). The van der Waals surface area contributed by atoms with E-state index in [0.29, 0.717) is 11.4 Å². The van der Waals surface area contributed by atoms with Crippen LogP contribution in [0, 0.1) is 6.92 Å². The fraction of sp³-hybridized carbons (Fsp3) is 0.429. The van der Waals surface area contributed by atoms with Crippen molar-refractivity contribution in [1.82, 2.24) is 20.9 Å². The van der Waals surface area contributed by atoms with Gasteiger partial charge in [-0.1, -0.05) is 6.07 Å². The lowest BCUT2D eigenvalue weighted by atomic mass is 10.1. The molecule has 1 aromatic rings. The number of urea groups is 1. The maximum atomic E-state index is 13.0. The summed E-state index contributed by atoms with van der Waals surface area (Å²) in [5, 5.41) is 6.93. The van der Waals surface area contributed by atoms with Crippen LogP contribution in [-0.4, -0.2) is 73.4 Å². The number of rotatable bonds is 10. The van der Waals surface area contributed by atoms with E-state index < -0.39 is 61.2 Å². The number of anilines is 1.